The Morgan fingerprint density at radius 1 is 0.727 bits per heavy atom. The zero-order valence-electron chi connectivity index (χ0n) is 14.6. The van der Waals surface area contributed by atoms with E-state index in [0.717, 1.165) is 12.8 Å². The van der Waals surface area contributed by atoms with E-state index in [1.54, 1.807) is 0 Å². The van der Waals surface area contributed by atoms with Gasteiger partial charge in [0, 0.05) is 6.04 Å². The molecule has 3 atom stereocenters. The van der Waals surface area contributed by atoms with Crippen LogP contribution in [-0.4, -0.2) is 40.2 Å². The molecule has 22 heavy (non-hydrogen) atoms. The molecule has 0 spiro atoms. The van der Waals surface area contributed by atoms with E-state index < -0.39 is 24.9 Å². The van der Waals surface area contributed by atoms with Crippen LogP contribution in [0.25, 0.3) is 0 Å². The van der Waals surface area contributed by atoms with Crippen LogP contribution in [0.1, 0.15) is 90.4 Å². The molecular formula is C18H39NO3. The molecule has 0 aromatic carbocycles. The van der Waals surface area contributed by atoms with E-state index in [9.17, 15) is 10.2 Å². The Hall–Kier alpha value is -0.160. The molecule has 0 rings (SSSR count). The van der Waals surface area contributed by atoms with Crippen molar-refractivity contribution in [1.82, 2.24) is 0 Å². The van der Waals surface area contributed by atoms with Gasteiger partial charge in [0.15, 0.2) is 0 Å². The van der Waals surface area contributed by atoms with E-state index in [1.807, 2.05) is 0 Å². The normalized spacial score (nSPS) is 15.7. The third-order valence-corrected chi connectivity index (χ3v) is 4.41. The zero-order valence-corrected chi connectivity index (χ0v) is 14.6. The van der Waals surface area contributed by atoms with Crippen LogP contribution < -0.4 is 5.73 Å². The van der Waals surface area contributed by atoms with E-state index in [4.69, 9.17) is 10.8 Å². The van der Waals surface area contributed by atoms with Gasteiger partial charge in [-0.3, -0.25) is 0 Å². The third kappa shape index (κ3) is 12.4. The standard InChI is InChI=1S/C18H39NO3/c1-2-3-4-5-6-7-8-9-10-11-12-13-14-16(19)18(22)17(21)15-20/h16-18,20-22H,2-15,19H2,1H3/t16-,17+,18+/m1/s1. The second-order valence-electron chi connectivity index (χ2n) is 6.58. The van der Waals surface area contributed by atoms with Gasteiger partial charge < -0.3 is 21.1 Å². The molecule has 0 radical (unpaired) electrons. The van der Waals surface area contributed by atoms with Gasteiger partial charge in [0.2, 0.25) is 0 Å². The maximum atomic E-state index is 9.63. The Balaban J connectivity index is 3.26. The summed E-state index contributed by atoms with van der Waals surface area (Å²) in [5.41, 5.74) is 5.80. The van der Waals surface area contributed by atoms with Gasteiger partial charge in [-0.05, 0) is 6.42 Å². The maximum Gasteiger partial charge on any atom is 0.104 e. The quantitative estimate of drug-likeness (QED) is 0.329. The van der Waals surface area contributed by atoms with Gasteiger partial charge >= 0.3 is 0 Å². The predicted molar refractivity (Wildman–Crippen MR) is 92.8 cm³/mol. The van der Waals surface area contributed by atoms with Crippen molar-refractivity contribution in [2.75, 3.05) is 6.61 Å². The van der Waals surface area contributed by atoms with Crippen molar-refractivity contribution in [2.24, 2.45) is 5.73 Å². The van der Waals surface area contributed by atoms with Crippen LogP contribution >= 0.6 is 0 Å². The minimum atomic E-state index is -1.12. The van der Waals surface area contributed by atoms with E-state index in [1.165, 1.54) is 64.2 Å². The van der Waals surface area contributed by atoms with Crippen molar-refractivity contribution < 1.29 is 15.3 Å². The molecule has 0 aliphatic rings. The molecule has 0 aliphatic heterocycles. The van der Waals surface area contributed by atoms with Gasteiger partial charge in [-0.25, -0.2) is 0 Å². The summed E-state index contributed by atoms with van der Waals surface area (Å²) in [4.78, 5) is 0. The molecule has 0 aromatic heterocycles. The predicted octanol–water partition coefficient (Wildman–Crippen LogP) is 3.12. The number of hydrogen-bond acceptors (Lipinski definition) is 4. The minimum absolute atomic E-state index is 0.437. The average Bonchev–Trinajstić information content (AvgIpc) is 2.54. The second kappa shape index (κ2) is 15.7. The molecule has 0 saturated carbocycles. The average molecular weight is 318 g/mol. The van der Waals surface area contributed by atoms with Crippen molar-refractivity contribution in [3.8, 4) is 0 Å². The van der Waals surface area contributed by atoms with Crippen molar-refractivity contribution in [1.29, 1.82) is 0 Å². The smallest absolute Gasteiger partial charge is 0.104 e. The largest absolute Gasteiger partial charge is 0.394 e. The fourth-order valence-corrected chi connectivity index (χ4v) is 2.79. The molecule has 4 heteroatoms. The Morgan fingerprint density at radius 2 is 1.14 bits per heavy atom. The van der Waals surface area contributed by atoms with Crippen molar-refractivity contribution in [3.05, 3.63) is 0 Å². The van der Waals surface area contributed by atoms with Crippen molar-refractivity contribution >= 4 is 0 Å². The van der Waals surface area contributed by atoms with E-state index in [0.29, 0.717) is 6.42 Å². The summed E-state index contributed by atoms with van der Waals surface area (Å²) in [5.74, 6) is 0. The molecular weight excluding hydrogens is 278 g/mol. The first-order valence-electron chi connectivity index (χ1n) is 9.36. The fraction of sp³-hybridized carbons (Fsp3) is 1.00. The van der Waals surface area contributed by atoms with Gasteiger partial charge in [0.1, 0.15) is 6.10 Å². The van der Waals surface area contributed by atoms with Gasteiger partial charge in [0.05, 0.1) is 12.7 Å². The van der Waals surface area contributed by atoms with Crippen molar-refractivity contribution in [3.63, 3.8) is 0 Å². The summed E-state index contributed by atoms with van der Waals surface area (Å²) in [6.07, 6.45) is 14.1. The van der Waals surface area contributed by atoms with Gasteiger partial charge in [0.25, 0.3) is 0 Å². The topological polar surface area (TPSA) is 86.7 Å². The maximum absolute atomic E-state index is 9.63. The Bertz CT molecular complexity index is 226. The summed E-state index contributed by atoms with van der Waals surface area (Å²) in [6, 6.07) is -0.440. The number of nitrogens with two attached hydrogens (primary N) is 1. The van der Waals surface area contributed by atoms with Crippen LogP contribution in [0, 0.1) is 0 Å². The molecule has 0 aromatic rings. The summed E-state index contributed by atoms with van der Waals surface area (Å²) in [6.45, 7) is 1.82. The number of rotatable bonds is 16. The molecule has 0 heterocycles. The third-order valence-electron chi connectivity index (χ3n) is 4.41. The summed E-state index contributed by atoms with van der Waals surface area (Å²) >= 11 is 0. The summed E-state index contributed by atoms with van der Waals surface area (Å²) < 4.78 is 0. The lowest BCUT2D eigenvalue weighted by atomic mass is 9.99. The number of aliphatic hydroxyl groups excluding tert-OH is 3. The van der Waals surface area contributed by atoms with Gasteiger partial charge in [-0.1, -0.05) is 84.0 Å². The molecule has 0 unspecified atom stereocenters. The van der Waals surface area contributed by atoms with E-state index in [-0.39, 0.29) is 0 Å². The molecule has 134 valence electrons. The lowest BCUT2D eigenvalue weighted by Crippen LogP contribution is -2.44. The number of hydrogen-bond donors (Lipinski definition) is 4. The summed E-state index contributed by atoms with van der Waals surface area (Å²) in [5, 5.41) is 27.7. The van der Waals surface area contributed by atoms with Crippen LogP contribution in [0.5, 0.6) is 0 Å². The first-order chi connectivity index (χ1) is 10.6. The lowest BCUT2D eigenvalue weighted by Gasteiger charge is -2.22. The number of unbranched alkanes of at least 4 members (excludes halogenated alkanes) is 11. The van der Waals surface area contributed by atoms with Crippen LogP contribution in [0.3, 0.4) is 0 Å². The zero-order chi connectivity index (χ0) is 16.6. The van der Waals surface area contributed by atoms with E-state index in [2.05, 4.69) is 6.92 Å². The Labute approximate surface area is 137 Å². The van der Waals surface area contributed by atoms with Crippen LogP contribution in [-0.2, 0) is 0 Å². The van der Waals surface area contributed by atoms with Crippen LogP contribution in [0.4, 0.5) is 0 Å². The molecule has 5 N–H and O–H groups in total. The highest BCUT2D eigenvalue weighted by Gasteiger charge is 2.21. The minimum Gasteiger partial charge on any atom is -0.394 e. The monoisotopic (exact) mass is 317 g/mol. The highest BCUT2D eigenvalue weighted by Crippen LogP contribution is 2.13. The lowest BCUT2D eigenvalue weighted by molar-refractivity contribution is -0.0272. The highest BCUT2D eigenvalue weighted by atomic mass is 16.4. The van der Waals surface area contributed by atoms with Crippen LogP contribution in [0.15, 0.2) is 0 Å². The first kappa shape index (κ1) is 21.8. The molecule has 4 nitrogen and oxygen atoms in total. The fourth-order valence-electron chi connectivity index (χ4n) is 2.79. The van der Waals surface area contributed by atoms with Crippen LogP contribution in [0.2, 0.25) is 0 Å². The summed E-state index contributed by atoms with van der Waals surface area (Å²) in [7, 11) is 0. The van der Waals surface area contributed by atoms with Gasteiger partial charge in [-0.15, -0.1) is 0 Å². The van der Waals surface area contributed by atoms with E-state index >= 15 is 0 Å². The molecule has 0 saturated heterocycles. The SMILES string of the molecule is CCCCCCCCCCCCCC[C@@H](N)[C@H](O)[C@@H](O)CO. The Kier molecular flexibility index (Phi) is 15.6. The molecule has 0 aliphatic carbocycles. The first-order valence-corrected chi connectivity index (χ1v) is 9.36. The second-order valence-corrected chi connectivity index (χ2v) is 6.58. The molecule has 0 bridgehead atoms. The molecule has 0 fully saturated rings. The highest BCUT2D eigenvalue weighted by molar-refractivity contribution is 4.77. The van der Waals surface area contributed by atoms with Crippen molar-refractivity contribution in [2.45, 2.75) is 109 Å². The molecule has 0 amide bonds. The van der Waals surface area contributed by atoms with Gasteiger partial charge in [-0.2, -0.15) is 0 Å². The Morgan fingerprint density at radius 3 is 1.55 bits per heavy atom. The number of aliphatic hydroxyl groups is 3.